The molecule has 2 rings (SSSR count). The molecule has 0 spiro atoms. The van der Waals surface area contributed by atoms with Gasteiger partial charge >= 0.3 is 0 Å². The summed E-state index contributed by atoms with van der Waals surface area (Å²) < 4.78 is 20.1. The van der Waals surface area contributed by atoms with Crippen molar-refractivity contribution in [2.75, 3.05) is 13.2 Å². The number of halogens is 1. The van der Waals surface area contributed by atoms with Gasteiger partial charge in [0.2, 0.25) is 5.91 Å². The highest BCUT2D eigenvalue weighted by Crippen LogP contribution is 2.26. The van der Waals surface area contributed by atoms with Crippen molar-refractivity contribution in [3.05, 3.63) is 65.5 Å². The fourth-order valence-corrected chi connectivity index (χ4v) is 3.24. The Hall–Kier alpha value is -2.89. The fraction of sp³-hybridized carbons (Fsp3) is 0.440. The molecule has 2 amide bonds. The summed E-state index contributed by atoms with van der Waals surface area (Å²) in [6.45, 7) is 8.10. The Morgan fingerprint density at radius 2 is 1.74 bits per heavy atom. The van der Waals surface area contributed by atoms with E-state index in [1.807, 2.05) is 31.2 Å². The number of carbonyl (C=O) groups excluding carboxylic acids is 2. The van der Waals surface area contributed by atoms with Crippen LogP contribution in [0.1, 0.15) is 57.6 Å². The van der Waals surface area contributed by atoms with Gasteiger partial charge in [-0.2, -0.15) is 0 Å². The first kappa shape index (κ1) is 24.4. The number of carbonyl (C=O) groups is 2. The quantitative estimate of drug-likeness (QED) is 0.530. The molecule has 0 aliphatic carbocycles. The molecule has 0 aromatic heterocycles. The highest BCUT2D eigenvalue weighted by molar-refractivity contribution is 5.88. The molecule has 0 unspecified atom stereocenters. The largest absolute Gasteiger partial charge is 0.483 e. The summed E-state index contributed by atoms with van der Waals surface area (Å²) in [6.07, 6.45) is 1.81. The van der Waals surface area contributed by atoms with E-state index in [4.69, 9.17) is 4.74 Å². The molecule has 5 nitrogen and oxygen atoms in total. The second-order valence-electron chi connectivity index (χ2n) is 7.91. The predicted molar refractivity (Wildman–Crippen MR) is 120 cm³/mol. The van der Waals surface area contributed by atoms with Gasteiger partial charge in [-0.25, -0.2) is 4.39 Å². The molecule has 6 heteroatoms. The van der Waals surface area contributed by atoms with Gasteiger partial charge in [-0.15, -0.1) is 0 Å². The SMILES string of the molecule is CCCCNC(=O)[C@@H](C)N(Cc1ccccc1F)C(=O)COc1ccccc1C(C)C. The summed E-state index contributed by atoms with van der Waals surface area (Å²) in [7, 11) is 0. The molecule has 31 heavy (non-hydrogen) atoms. The van der Waals surface area contributed by atoms with E-state index in [9.17, 15) is 14.0 Å². The summed E-state index contributed by atoms with van der Waals surface area (Å²) in [6, 6.07) is 13.1. The Labute approximate surface area is 184 Å². The van der Waals surface area contributed by atoms with Gasteiger partial charge in [-0.1, -0.05) is 63.6 Å². The van der Waals surface area contributed by atoms with Crippen molar-refractivity contribution in [2.24, 2.45) is 0 Å². The monoisotopic (exact) mass is 428 g/mol. The van der Waals surface area contributed by atoms with E-state index in [1.54, 1.807) is 25.1 Å². The van der Waals surface area contributed by atoms with Crippen LogP contribution in [0.3, 0.4) is 0 Å². The second kappa shape index (κ2) is 12.1. The number of rotatable bonds is 11. The van der Waals surface area contributed by atoms with E-state index in [0.29, 0.717) is 17.9 Å². The normalized spacial score (nSPS) is 11.8. The van der Waals surface area contributed by atoms with E-state index in [1.165, 1.54) is 11.0 Å². The number of amides is 2. The number of unbranched alkanes of at least 4 members (excludes halogenated alkanes) is 1. The van der Waals surface area contributed by atoms with Crippen LogP contribution in [0.5, 0.6) is 5.75 Å². The summed E-state index contributed by atoms with van der Waals surface area (Å²) in [5, 5.41) is 2.85. The molecule has 0 saturated carbocycles. The molecule has 0 saturated heterocycles. The topological polar surface area (TPSA) is 58.6 Å². The van der Waals surface area contributed by atoms with Crippen molar-refractivity contribution in [2.45, 2.75) is 59.0 Å². The van der Waals surface area contributed by atoms with Crippen molar-refractivity contribution in [3.8, 4) is 5.75 Å². The Kier molecular flexibility index (Phi) is 9.50. The van der Waals surface area contributed by atoms with E-state index in [2.05, 4.69) is 19.2 Å². The van der Waals surface area contributed by atoms with Crippen molar-refractivity contribution in [1.82, 2.24) is 10.2 Å². The second-order valence-corrected chi connectivity index (χ2v) is 7.91. The maximum absolute atomic E-state index is 14.2. The van der Waals surface area contributed by atoms with E-state index >= 15 is 0 Å². The minimum atomic E-state index is -0.757. The molecule has 1 atom stereocenters. The number of hydrogen-bond donors (Lipinski definition) is 1. The lowest BCUT2D eigenvalue weighted by molar-refractivity contribution is -0.142. The molecular formula is C25H33FN2O3. The van der Waals surface area contributed by atoms with Gasteiger partial charge in [0, 0.05) is 18.7 Å². The third-order valence-electron chi connectivity index (χ3n) is 5.19. The molecule has 0 fully saturated rings. The standard InChI is InChI=1S/C25H33FN2O3/c1-5-6-15-27-25(30)19(4)28(16-20-11-7-9-13-22(20)26)24(29)17-31-23-14-10-8-12-21(23)18(2)3/h7-14,18-19H,5-6,15-17H2,1-4H3,(H,27,30)/t19-/m1/s1. The maximum Gasteiger partial charge on any atom is 0.261 e. The van der Waals surface area contributed by atoms with Gasteiger partial charge in [0.25, 0.3) is 5.91 Å². The summed E-state index contributed by atoms with van der Waals surface area (Å²) >= 11 is 0. The lowest BCUT2D eigenvalue weighted by atomic mass is 10.0. The zero-order valence-electron chi connectivity index (χ0n) is 18.9. The number of nitrogens with zero attached hydrogens (tertiary/aromatic N) is 1. The zero-order valence-corrected chi connectivity index (χ0v) is 18.9. The highest BCUT2D eigenvalue weighted by Gasteiger charge is 2.27. The van der Waals surface area contributed by atoms with E-state index < -0.39 is 11.9 Å². The van der Waals surface area contributed by atoms with Crippen molar-refractivity contribution in [3.63, 3.8) is 0 Å². The molecule has 0 aliphatic rings. The summed E-state index contributed by atoms with van der Waals surface area (Å²) in [5.74, 6) is -0.175. The lowest BCUT2D eigenvalue weighted by Crippen LogP contribution is -2.49. The summed E-state index contributed by atoms with van der Waals surface area (Å²) in [4.78, 5) is 27.1. The fourth-order valence-electron chi connectivity index (χ4n) is 3.24. The number of nitrogens with one attached hydrogen (secondary N) is 1. The lowest BCUT2D eigenvalue weighted by Gasteiger charge is -2.29. The molecule has 2 aromatic rings. The van der Waals surface area contributed by atoms with Crippen LogP contribution in [-0.4, -0.2) is 35.9 Å². The van der Waals surface area contributed by atoms with Gasteiger partial charge in [0.05, 0.1) is 0 Å². The van der Waals surface area contributed by atoms with Crippen molar-refractivity contribution in [1.29, 1.82) is 0 Å². The van der Waals surface area contributed by atoms with Gasteiger partial charge in [-0.05, 0) is 37.0 Å². The van der Waals surface area contributed by atoms with Gasteiger partial charge in [0.15, 0.2) is 6.61 Å². The van der Waals surface area contributed by atoms with Crippen molar-refractivity contribution >= 4 is 11.8 Å². The summed E-state index contributed by atoms with van der Waals surface area (Å²) in [5.41, 5.74) is 1.35. The van der Waals surface area contributed by atoms with Crippen LogP contribution in [0.2, 0.25) is 0 Å². The first-order valence-electron chi connectivity index (χ1n) is 10.9. The molecule has 1 N–H and O–H groups in total. The number of ether oxygens (including phenoxy) is 1. The van der Waals surface area contributed by atoms with Crippen LogP contribution in [0, 0.1) is 5.82 Å². The number of para-hydroxylation sites is 1. The molecule has 0 bridgehead atoms. The van der Waals surface area contributed by atoms with Crippen LogP contribution in [0.4, 0.5) is 4.39 Å². The Morgan fingerprint density at radius 1 is 1.06 bits per heavy atom. The van der Waals surface area contributed by atoms with Gasteiger partial charge < -0.3 is 15.0 Å². The van der Waals surface area contributed by atoms with Crippen LogP contribution in [0.25, 0.3) is 0 Å². The molecule has 0 aliphatic heterocycles. The number of benzene rings is 2. The van der Waals surface area contributed by atoms with Crippen molar-refractivity contribution < 1.29 is 18.7 Å². The van der Waals surface area contributed by atoms with Crippen LogP contribution < -0.4 is 10.1 Å². The number of hydrogen-bond acceptors (Lipinski definition) is 3. The van der Waals surface area contributed by atoms with Crippen LogP contribution in [0.15, 0.2) is 48.5 Å². The Morgan fingerprint density at radius 3 is 2.42 bits per heavy atom. The van der Waals surface area contributed by atoms with Gasteiger partial charge in [0.1, 0.15) is 17.6 Å². The first-order chi connectivity index (χ1) is 14.8. The molecule has 0 radical (unpaired) electrons. The molecule has 0 heterocycles. The molecular weight excluding hydrogens is 395 g/mol. The Bertz CT molecular complexity index is 869. The predicted octanol–water partition coefficient (Wildman–Crippen LogP) is 4.66. The van der Waals surface area contributed by atoms with E-state index in [0.717, 1.165) is 18.4 Å². The Balaban J connectivity index is 2.17. The highest BCUT2D eigenvalue weighted by atomic mass is 19.1. The third-order valence-corrected chi connectivity index (χ3v) is 5.19. The minimum absolute atomic E-state index is 0.0109. The minimum Gasteiger partial charge on any atom is -0.483 e. The molecule has 168 valence electrons. The average Bonchev–Trinajstić information content (AvgIpc) is 2.76. The van der Waals surface area contributed by atoms with Crippen LogP contribution >= 0.6 is 0 Å². The zero-order chi connectivity index (χ0) is 22.8. The van der Waals surface area contributed by atoms with Gasteiger partial charge in [-0.3, -0.25) is 9.59 Å². The van der Waals surface area contributed by atoms with E-state index in [-0.39, 0.29) is 30.9 Å². The first-order valence-corrected chi connectivity index (χ1v) is 10.9. The van der Waals surface area contributed by atoms with Crippen LogP contribution in [-0.2, 0) is 16.1 Å². The third kappa shape index (κ3) is 7.09. The molecule has 2 aromatic carbocycles. The smallest absolute Gasteiger partial charge is 0.261 e. The average molecular weight is 429 g/mol. The maximum atomic E-state index is 14.2.